The summed E-state index contributed by atoms with van der Waals surface area (Å²) in [4.78, 5) is 42.7. The van der Waals surface area contributed by atoms with E-state index < -0.39 is 0 Å². The molecule has 2 heterocycles. The molecule has 32 heavy (non-hydrogen) atoms. The van der Waals surface area contributed by atoms with E-state index in [0.717, 1.165) is 18.5 Å². The summed E-state index contributed by atoms with van der Waals surface area (Å²) in [5.74, 6) is -0.379. The molecular formula is C24H27FN4O3. The highest BCUT2D eigenvalue weighted by Crippen LogP contribution is 2.17. The van der Waals surface area contributed by atoms with Crippen molar-refractivity contribution in [3.05, 3.63) is 65.5 Å². The van der Waals surface area contributed by atoms with Gasteiger partial charge in [0.2, 0.25) is 11.8 Å². The van der Waals surface area contributed by atoms with E-state index in [4.69, 9.17) is 0 Å². The van der Waals surface area contributed by atoms with E-state index in [1.807, 2.05) is 28.0 Å². The fourth-order valence-corrected chi connectivity index (χ4v) is 4.12. The van der Waals surface area contributed by atoms with E-state index in [1.54, 1.807) is 11.0 Å². The fraction of sp³-hybridized carbons (Fsp3) is 0.375. The lowest BCUT2D eigenvalue weighted by Gasteiger charge is -2.34. The second kappa shape index (κ2) is 9.91. The van der Waals surface area contributed by atoms with Crippen LogP contribution in [0, 0.1) is 5.82 Å². The highest BCUT2D eigenvalue weighted by Gasteiger charge is 2.24. The van der Waals surface area contributed by atoms with Crippen LogP contribution >= 0.6 is 0 Å². The van der Waals surface area contributed by atoms with E-state index in [0.29, 0.717) is 50.4 Å². The van der Waals surface area contributed by atoms with Crippen molar-refractivity contribution in [1.82, 2.24) is 14.7 Å². The molecule has 8 heteroatoms. The van der Waals surface area contributed by atoms with Crippen molar-refractivity contribution in [2.24, 2.45) is 0 Å². The zero-order valence-electron chi connectivity index (χ0n) is 17.9. The van der Waals surface area contributed by atoms with Gasteiger partial charge in [-0.1, -0.05) is 12.1 Å². The average molecular weight is 439 g/mol. The van der Waals surface area contributed by atoms with E-state index in [2.05, 4.69) is 5.32 Å². The van der Waals surface area contributed by atoms with Gasteiger partial charge in [-0.2, -0.15) is 0 Å². The summed E-state index contributed by atoms with van der Waals surface area (Å²) in [7, 11) is 0. The number of piperazine rings is 1. The predicted molar refractivity (Wildman–Crippen MR) is 118 cm³/mol. The number of hydrogen-bond acceptors (Lipinski definition) is 4. The molecule has 2 aliphatic heterocycles. The van der Waals surface area contributed by atoms with Crippen LogP contribution in [-0.4, -0.2) is 71.7 Å². The molecule has 0 spiro atoms. The van der Waals surface area contributed by atoms with Gasteiger partial charge in [0.15, 0.2) is 0 Å². The average Bonchev–Trinajstić information content (AvgIpc) is 3.20. The molecule has 2 aromatic carbocycles. The number of carbonyl (C=O) groups is 3. The first-order valence-corrected chi connectivity index (χ1v) is 10.9. The number of hydrogen-bond donors (Lipinski definition) is 1. The third kappa shape index (κ3) is 5.50. The Morgan fingerprint density at radius 2 is 1.72 bits per heavy atom. The Morgan fingerprint density at radius 1 is 0.969 bits per heavy atom. The van der Waals surface area contributed by atoms with Gasteiger partial charge < -0.3 is 15.1 Å². The normalized spacial score (nSPS) is 17.0. The van der Waals surface area contributed by atoms with Crippen LogP contribution in [0.2, 0.25) is 0 Å². The van der Waals surface area contributed by atoms with Gasteiger partial charge in [-0.05, 0) is 48.4 Å². The first-order chi connectivity index (χ1) is 15.5. The maximum Gasteiger partial charge on any atom is 0.253 e. The van der Waals surface area contributed by atoms with Crippen molar-refractivity contribution >= 4 is 23.4 Å². The number of anilines is 1. The zero-order valence-corrected chi connectivity index (χ0v) is 17.9. The summed E-state index contributed by atoms with van der Waals surface area (Å²) >= 11 is 0. The van der Waals surface area contributed by atoms with Gasteiger partial charge in [-0.25, -0.2) is 4.39 Å². The Kier molecular flexibility index (Phi) is 6.80. The highest BCUT2D eigenvalue weighted by molar-refractivity contribution is 5.94. The Morgan fingerprint density at radius 3 is 2.41 bits per heavy atom. The standard InChI is InChI=1S/C24H27FN4O3/c25-20-6-8-21(9-7-20)26-22(30)17-27-11-13-28(14-12-27)24(32)19-4-1-3-18(15-19)16-29-10-2-5-23(29)31/h1,3-4,6-9,15H,2,5,10-14,16-17H2,(H,26,30). The maximum atomic E-state index is 13.0. The quantitative estimate of drug-likeness (QED) is 0.752. The molecule has 0 aliphatic carbocycles. The van der Waals surface area contributed by atoms with Crippen LogP contribution in [0.25, 0.3) is 0 Å². The molecule has 0 saturated carbocycles. The Bertz CT molecular complexity index is 987. The van der Waals surface area contributed by atoms with Crippen molar-refractivity contribution in [2.75, 3.05) is 44.6 Å². The number of likely N-dealkylation sites (tertiary alicyclic amines) is 1. The molecule has 2 aliphatic rings. The SMILES string of the molecule is O=C(CN1CCN(C(=O)c2cccc(CN3CCCC3=O)c2)CC1)Nc1ccc(F)cc1. The monoisotopic (exact) mass is 438 g/mol. The minimum atomic E-state index is -0.348. The first kappa shape index (κ1) is 22.0. The van der Waals surface area contributed by atoms with Crippen molar-refractivity contribution in [3.63, 3.8) is 0 Å². The lowest BCUT2D eigenvalue weighted by atomic mass is 10.1. The molecule has 7 nitrogen and oxygen atoms in total. The molecule has 1 N–H and O–H groups in total. The molecule has 4 rings (SSSR count). The summed E-state index contributed by atoms with van der Waals surface area (Å²) < 4.78 is 13.0. The van der Waals surface area contributed by atoms with Gasteiger partial charge in [0.05, 0.1) is 6.54 Å². The number of halogens is 1. The number of nitrogens with zero attached hydrogens (tertiary/aromatic N) is 3. The Balaban J connectivity index is 1.27. The van der Waals surface area contributed by atoms with Crippen LogP contribution in [-0.2, 0) is 16.1 Å². The molecule has 0 atom stereocenters. The van der Waals surface area contributed by atoms with Crippen LogP contribution < -0.4 is 5.32 Å². The number of benzene rings is 2. The minimum Gasteiger partial charge on any atom is -0.338 e. The summed E-state index contributed by atoms with van der Waals surface area (Å²) in [5.41, 5.74) is 2.14. The lowest BCUT2D eigenvalue weighted by Crippen LogP contribution is -2.50. The predicted octanol–water partition coefficient (Wildman–Crippen LogP) is 2.34. The second-order valence-electron chi connectivity index (χ2n) is 8.24. The van der Waals surface area contributed by atoms with Crippen molar-refractivity contribution in [3.8, 4) is 0 Å². The summed E-state index contributed by atoms with van der Waals surface area (Å²) in [5, 5.41) is 2.76. The van der Waals surface area contributed by atoms with Crippen LogP contribution in [0.3, 0.4) is 0 Å². The second-order valence-corrected chi connectivity index (χ2v) is 8.24. The number of nitrogens with one attached hydrogen (secondary N) is 1. The molecule has 0 unspecified atom stereocenters. The smallest absolute Gasteiger partial charge is 0.253 e. The third-order valence-electron chi connectivity index (χ3n) is 5.87. The van der Waals surface area contributed by atoms with E-state index in [1.165, 1.54) is 24.3 Å². The van der Waals surface area contributed by atoms with Crippen LogP contribution in [0.4, 0.5) is 10.1 Å². The fourth-order valence-electron chi connectivity index (χ4n) is 4.12. The number of amides is 3. The molecule has 2 saturated heterocycles. The zero-order chi connectivity index (χ0) is 22.5. The van der Waals surface area contributed by atoms with Crippen LogP contribution in [0.15, 0.2) is 48.5 Å². The number of carbonyl (C=O) groups excluding carboxylic acids is 3. The summed E-state index contributed by atoms with van der Waals surface area (Å²) in [6.45, 7) is 3.81. The molecule has 0 aromatic heterocycles. The van der Waals surface area contributed by atoms with Crippen LogP contribution in [0.1, 0.15) is 28.8 Å². The molecule has 0 radical (unpaired) electrons. The van der Waals surface area contributed by atoms with Crippen molar-refractivity contribution < 1.29 is 18.8 Å². The lowest BCUT2D eigenvalue weighted by molar-refractivity contribution is -0.128. The summed E-state index contributed by atoms with van der Waals surface area (Å²) in [6.07, 6.45) is 1.49. The summed E-state index contributed by atoms with van der Waals surface area (Å²) in [6, 6.07) is 13.1. The van der Waals surface area contributed by atoms with Crippen molar-refractivity contribution in [1.29, 1.82) is 0 Å². The van der Waals surface area contributed by atoms with Gasteiger partial charge in [0, 0.05) is 56.9 Å². The molecular weight excluding hydrogens is 411 g/mol. The molecule has 2 fully saturated rings. The largest absolute Gasteiger partial charge is 0.338 e. The molecule has 2 aromatic rings. The molecule has 168 valence electrons. The van der Waals surface area contributed by atoms with Gasteiger partial charge in [0.25, 0.3) is 5.91 Å². The molecule has 0 bridgehead atoms. The Labute approximate surface area is 186 Å². The van der Waals surface area contributed by atoms with Gasteiger partial charge >= 0.3 is 0 Å². The van der Waals surface area contributed by atoms with Gasteiger partial charge in [0.1, 0.15) is 5.82 Å². The minimum absolute atomic E-state index is 0.0324. The van der Waals surface area contributed by atoms with Gasteiger partial charge in [-0.3, -0.25) is 19.3 Å². The van der Waals surface area contributed by atoms with Gasteiger partial charge in [-0.15, -0.1) is 0 Å². The Hall–Kier alpha value is -3.26. The number of rotatable bonds is 6. The van der Waals surface area contributed by atoms with E-state index in [9.17, 15) is 18.8 Å². The van der Waals surface area contributed by atoms with Crippen molar-refractivity contribution in [2.45, 2.75) is 19.4 Å². The maximum absolute atomic E-state index is 13.0. The molecule has 3 amide bonds. The van der Waals surface area contributed by atoms with E-state index in [-0.39, 0.29) is 30.1 Å². The highest BCUT2D eigenvalue weighted by atomic mass is 19.1. The topological polar surface area (TPSA) is 73.0 Å². The third-order valence-corrected chi connectivity index (χ3v) is 5.87. The first-order valence-electron chi connectivity index (χ1n) is 10.9. The van der Waals surface area contributed by atoms with Crippen LogP contribution in [0.5, 0.6) is 0 Å². The van der Waals surface area contributed by atoms with E-state index >= 15 is 0 Å².